The zero-order chi connectivity index (χ0) is 18.4. The number of hydrogen-bond acceptors (Lipinski definition) is 5. The number of nitrogens with one attached hydrogen (secondary N) is 2. The molecule has 1 aliphatic heterocycles. The van der Waals surface area contributed by atoms with Gasteiger partial charge in [0.15, 0.2) is 0 Å². The highest BCUT2D eigenvalue weighted by molar-refractivity contribution is 7.89. The molecule has 2 N–H and O–H groups in total. The van der Waals surface area contributed by atoms with Crippen LogP contribution in [-0.2, 0) is 10.0 Å². The molecular formula is C18H31N3O3S. The molecule has 0 atom stereocenters. The summed E-state index contributed by atoms with van der Waals surface area (Å²) in [6, 6.07) is 3.56. The number of methoxy groups -OCH3 is 1. The molecule has 25 heavy (non-hydrogen) atoms. The van der Waals surface area contributed by atoms with Crippen molar-refractivity contribution < 1.29 is 13.2 Å². The summed E-state index contributed by atoms with van der Waals surface area (Å²) in [5, 5.41) is 3.32. The Bertz CT molecular complexity index is 668. The van der Waals surface area contributed by atoms with Gasteiger partial charge in [-0.2, -0.15) is 0 Å². The standard InChI is InChI=1S/C18H31N3O3S/c1-14(2)16-13-18(15(3)12-17(16)24-4)25(22,23)20-6-5-9-21-10-7-19-8-11-21/h12-14,19-20H,5-11H2,1-4H3. The van der Waals surface area contributed by atoms with Crippen LogP contribution in [0.5, 0.6) is 5.75 Å². The smallest absolute Gasteiger partial charge is 0.240 e. The Labute approximate surface area is 152 Å². The Morgan fingerprint density at radius 2 is 1.96 bits per heavy atom. The number of nitrogens with zero attached hydrogens (tertiary/aromatic N) is 1. The summed E-state index contributed by atoms with van der Waals surface area (Å²) in [5.74, 6) is 0.933. The topological polar surface area (TPSA) is 70.7 Å². The molecule has 1 heterocycles. The maximum absolute atomic E-state index is 12.7. The lowest BCUT2D eigenvalue weighted by Gasteiger charge is -2.27. The number of rotatable bonds is 8. The minimum Gasteiger partial charge on any atom is -0.496 e. The largest absolute Gasteiger partial charge is 0.496 e. The maximum atomic E-state index is 12.7. The van der Waals surface area contributed by atoms with Crippen LogP contribution >= 0.6 is 0 Å². The third-order valence-corrected chi connectivity index (χ3v) is 6.19. The highest BCUT2D eigenvalue weighted by atomic mass is 32.2. The lowest BCUT2D eigenvalue weighted by Crippen LogP contribution is -2.44. The highest BCUT2D eigenvalue weighted by Crippen LogP contribution is 2.31. The molecule has 2 rings (SSSR count). The van der Waals surface area contributed by atoms with Crippen LogP contribution in [0, 0.1) is 6.92 Å². The monoisotopic (exact) mass is 369 g/mol. The summed E-state index contributed by atoms with van der Waals surface area (Å²) < 4.78 is 33.5. The Kier molecular flexibility index (Phi) is 7.25. The molecule has 1 aromatic carbocycles. The molecule has 6 nitrogen and oxygen atoms in total. The lowest BCUT2D eigenvalue weighted by molar-refractivity contribution is 0.239. The molecule has 0 aromatic heterocycles. The van der Waals surface area contributed by atoms with Crippen LogP contribution < -0.4 is 14.8 Å². The van der Waals surface area contributed by atoms with Crippen LogP contribution in [-0.4, -0.2) is 59.7 Å². The Hall–Kier alpha value is -1.15. The van der Waals surface area contributed by atoms with Crippen LogP contribution in [0.3, 0.4) is 0 Å². The third kappa shape index (κ3) is 5.41. The van der Waals surface area contributed by atoms with Crippen LogP contribution in [0.4, 0.5) is 0 Å². The maximum Gasteiger partial charge on any atom is 0.240 e. The molecule has 0 aliphatic carbocycles. The van der Waals surface area contributed by atoms with Gasteiger partial charge in [-0.1, -0.05) is 13.8 Å². The van der Waals surface area contributed by atoms with E-state index in [4.69, 9.17) is 4.74 Å². The summed E-state index contributed by atoms with van der Waals surface area (Å²) in [6.45, 7) is 11.3. The second-order valence-corrected chi connectivity index (χ2v) is 8.59. The number of benzene rings is 1. The van der Waals surface area contributed by atoms with Crippen molar-refractivity contribution in [1.29, 1.82) is 0 Å². The predicted molar refractivity (Wildman–Crippen MR) is 101 cm³/mol. The highest BCUT2D eigenvalue weighted by Gasteiger charge is 2.20. The van der Waals surface area contributed by atoms with Gasteiger partial charge in [0.05, 0.1) is 12.0 Å². The van der Waals surface area contributed by atoms with E-state index in [-0.39, 0.29) is 5.92 Å². The van der Waals surface area contributed by atoms with Crippen molar-refractivity contribution in [2.45, 2.75) is 38.0 Å². The summed E-state index contributed by atoms with van der Waals surface area (Å²) in [5.41, 5.74) is 1.62. The Morgan fingerprint density at radius 1 is 1.28 bits per heavy atom. The van der Waals surface area contributed by atoms with E-state index in [2.05, 4.69) is 14.9 Å². The minimum absolute atomic E-state index is 0.192. The van der Waals surface area contributed by atoms with Crippen molar-refractivity contribution in [2.24, 2.45) is 0 Å². The SMILES string of the molecule is COc1cc(C)c(S(=O)(=O)NCCCN2CCNCC2)cc1C(C)C. The second-order valence-electron chi connectivity index (χ2n) is 6.86. The zero-order valence-electron chi connectivity index (χ0n) is 15.8. The van der Waals surface area contributed by atoms with Gasteiger partial charge in [-0.05, 0) is 49.1 Å². The van der Waals surface area contributed by atoms with Crippen molar-refractivity contribution in [1.82, 2.24) is 14.9 Å². The van der Waals surface area contributed by atoms with Gasteiger partial charge >= 0.3 is 0 Å². The van der Waals surface area contributed by atoms with Gasteiger partial charge in [0.1, 0.15) is 5.75 Å². The minimum atomic E-state index is -3.51. The van der Waals surface area contributed by atoms with Crippen LogP contribution in [0.15, 0.2) is 17.0 Å². The van der Waals surface area contributed by atoms with Gasteiger partial charge in [-0.25, -0.2) is 13.1 Å². The fourth-order valence-corrected chi connectivity index (χ4v) is 4.45. The number of aryl methyl sites for hydroxylation is 1. The third-order valence-electron chi connectivity index (χ3n) is 4.59. The molecule has 142 valence electrons. The summed E-state index contributed by atoms with van der Waals surface area (Å²) in [4.78, 5) is 2.71. The molecule has 0 radical (unpaired) electrons. The Morgan fingerprint density at radius 3 is 2.56 bits per heavy atom. The summed E-state index contributed by atoms with van der Waals surface area (Å²) in [6.07, 6.45) is 0.811. The van der Waals surface area contributed by atoms with E-state index in [1.165, 1.54) is 0 Å². The first kappa shape index (κ1) is 20.2. The number of sulfonamides is 1. The molecule has 0 unspecified atom stereocenters. The van der Waals surface area contributed by atoms with Crippen LogP contribution in [0.1, 0.15) is 37.3 Å². The van der Waals surface area contributed by atoms with E-state index in [9.17, 15) is 8.42 Å². The fraction of sp³-hybridized carbons (Fsp3) is 0.667. The quantitative estimate of drug-likeness (QED) is 0.683. The molecule has 1 aliphatic rings. The van der Waals surface area contributed by atoms with E-state index < -0.39 is 10.0 Å². The molecule has 1 saturated heterocycles. The first-order valence-corrected chi connectivity index (χ1v) is 10.4. The van der Waals surface area contributed by atoms with Crippen molar-refractivity contribution in [3.63, 3.8) is 0 Å². The van der Waals surface area contributed by atoms with E-state index in [0.717, 1.165) is 50.5 Å². The van der Waals surface area contributed by atoms with E-state index in [1.54, 1.807) is 13.2 Å². The van der Waals surface area contributed by atoms with Gasteiger partial charge in [-0.15, -0.1) is 0 Å². The number of hydrogen-bond donors (Lipinski definition) is 2. The Balaban J connectivity index is 2.01. The molecule has 0 amide bonds. The normalized spacial score (nSPS) is 16.4. The molecule has 0 spiro atoms. The van der Waals surface area contributed by atoms with Gasteiger partial charge < -0.3 is 15.0 Å². The number of piperazine rings is 1. The number of ether oxygens (including phenoxy) is 1. The first-order chi connectivity index (χ1) is 11.8. The average Bonchev–Trinajstić information content (AvgIpc) is 2.58. The molecule has 0 bridgehead atoms. The van der Waals surface area contributed by atoms with Crippen LogP contribution in [0.25, 0.3) is 0 Å². The first-order valence-electron chi connectivity index (χ1n) is 8.96. The summed E-state index contributed by atoms with van der Waals surface area (Å²) >= 11 is 0. The molecule has 1 fully saturated rings. The van der Waals surface area contributed by atoms with Gasteiger partial charge in [-0.3, -0.25) is 0 Å². The molecular weight excluding hydrogens is 338 g/mol. The van der Waals surface area contributed by atoms with Gasteiger partial charge in [0.25, 0.3) is 0 Å². The molecule has 1 aromatic rings. The van der Waals surface area contributed by atoms with E-state index in [0.29, 0.717) is 17.0 Å². The van der Waals surface area contributed by atoms with Gasteiger partial charge in [0.2, 0.25) is 10.0 Å². The second kappa shape index (κ2) is 8.98. The van der Waals surface area contributed by atoms with Crippen molar-refractivity contribution in [3.05, 3.63) is 23.3 Å². The zero-order valence-corrected chi connectivity index (χ0v) is 16.6. The summed E-state index contributed by atoms with van der Waals surface area (Å²) in [7, 11) is -1.90. The average molecular weight is 370 g/mol. The molecule has 0 saturated carbocycles. The van der Waals surface area contributed by atoms with Crippen molar-refractivity contribution >= 4 is 10.0 Å². The molecule has 7 heteroatoms. The lowest BCUT2D eigenvalue weighted by atomic mass is 10.0. The van der Waals surface area contributed by atoms with Crippen molar-refractivity contribution in [3.8, 4) is 5.75 Å². The van der Waals surface area contributed by atoms with E-state index >= 15 is 0 Å². The fourth-order valence-electron chi connectivity index (χ4n) is 3.12. The van der Waals surface area contributed by atoms with E-state index in [1.807, 2.05) is 26.8 Å². The van der Waals surface area contributed by atoms with Gasteiger partial charge in [0, 0.05) is 32.7 Å². The van der Waals surface area contributed by atoms with Crippen LogP contribution in [0.2, 0.25) is 0 Å². The predicted octanol–water partition coefficient (Wildman–Crippen LogP) is 1.70. The van der Waals surface area contributed by atoms with Crippen molar-refractivity contribution in [2.75, 3.05) is 46.4 Å².